The predicted molar refractivity (Wildman–Crippen MR) is 65.1 cm³/mol. The summed E-state index contributed by atoms with van der Waals surface area (Å²) in [7, 11) is -0.257. The number of nitrogens with zero attached hydrogens (tertiary/aromatic N) is 1. The summed E-state index contributed by atoms with van der Waals surface area (Å²) >= 11 is 0. The second kappa shape index (κ2) is 7.41. The van der Waals surface area contributed by atoms with Crippen LogP contribution in [0.5, 0.6) is 0 Å². The molecule has 0 aromatic carbocycles. The number of nitrogens with one attached hydrogen (secondary N) is 2. The maximum atomic E-state index is 11.7. The van der Waals surface area contributed by atoms with E-state index in [-0.39, 0.29) is 18.4 Å². The highest BCUT2D eigenvalue weighted by molar-refractivity contribution is 7.87. The quantitative estimate of drug-likeness (QED) is 0.664. The van der Waals surface area contributed by atoms with E-state index in [4.69, 9.17) is 4.74 Å². The van der Waals surface area contributed by atoms with E-state index in [0.29, 0.717) is 19.7 Å². The zero-order valence-corrected chi connectivity index (χ0v) is 11.2. The Kier molecular flexibility index (Phi) is 7.45. The van der Waals surface area contributed by atoms with Gasteiger partial charge in [0, 0.05) is 33.3 Å². The molecule has 1 atom stereocenters. The zero-order chi connectivity index (χ0) is 11.3. The minimum atomic E-state index is -3.35. The summed E-state index contributed by atoms with van der Waals surface area (Å²) in [4.78, 5) is 0. The molecule has 8 heteroatoms. The van der Waals surface area contributed by atoms with Crippen molar-refractivity contribution in [3.05, 3.63) is 0 Å². The Balaban J connectivity index is 0.00000225. The van der Waals surface area contributed by atoms with Gasteiger partial charge in [-0.15, -0.1) is 12.4 Å². The molecule has 0 radical (unpaired) electrons. The number of hydrogen-bond donors (Lipinski definition) is 2. The molecule has 0 aromatic heterocycles. The molecule has 0 aliphatic carbocycles. The van der Waals surface area contributed by atoms with Crippen LogP contribution >= 0.6 is 12.4 Å². The number of halogens is 1. The first-order valence-corrected chi connectivity index (χ1v) is 6.43. The third kappa shape index (κ3) is 4.94. The Bertz CT molecular complexity index is 280. The van der Waals surface area contributed by atoms with Gasteiger partial charge in [0.2, 0.25) is 0 Å². The Hall–Kier alpha value is 0.0800. The van der Waals surface area contributed by atoms with Crippen molar-refractivity contribution < 1.29 is 13.2 Å². The fraction of sp³-hybridized carbons (Fsp3) is 1.00. The van der Waals surface area contributed by atoms with E-state index in [2.05, 4.69) is 10.0 Å². The molecule has 0 saturated carbocycles. The third-order valence-electron chi connectivity index (χ3n) is 2.40. The van der Waals surface area contributed by atoms with Crippen LogP contribution < -0.4 is 10.0 Å². The molecule has 1 fully saturated rings. The molecule has 1 unspecified atom stereocenters. The lowest BCUT2D eigenvalue weighted by Gasteiger charge is -2.19. The van der Waals surface area contributed by atoms with Crippen molar-refractivity contribution in [2.45, 2.75) is 12.5 Å². The minimum absolute atomic E-state index is 0. The average Bonchev–Trinajstić information content (AvgIpc) is 2.65. The van der Waals surface area contributed by atoms with Crippen molar-refractivity contribution in [3.63, 3.8) is 0 Å². The zero-order valence-electron chi connectivity index (χ0n) is 9.60. The Morgan fingerprint density at radius 3 is 2.75 bits per heavy atom. The molecule has 16 heavy (non-hydrogen) atoms. The maximum Gasteiger partial charge on any atom is 0.279 e. The van der Waals surface area contributed by atoms with Gasteiger partial charge in [-0.3, -0.25) is 0 Å². The van der Waals surface area contributed by atoms with E-state index in [1.807, 2.05) is 0 Å². The Morgan fingerprint density at radius 1 is 1.56 bits per heavy atom. The Labute approximate surface area is 103 Å². The van der Waals surface area contributed by atoms with Gasteiger partial charge in [0.25, 0.3) is 10.2 Å². The van der Waals surface area contributed by atoms with Crippen molar-refractivity contribution in [2.24, 2.45) is 0 Å². The van der Waals surface area contributed by atoms with Crippen molar-refractivity contribution in [2.75, 3.05) is 40.4 Å². The highest BCUT2D eigenvalue weighted by atomic mass is 35.5. The highest BCUT2D eigenvalue weighted by Gasteiger charge is 2.24. The van der Waals surface area contributed by atoms with Gasteiger partial charge in [-0.05, 0) is 13.0 Å². The van der Waals surface area contributed by atoms with Gasteiger partial charge in [0.1, 0.15) is 0 Å². The molecule has 0 bridgehead atoms. The van der Waals surface area contributed by atoms with Crippen LogP contribution in [-0.2, 0) is 14.9 Å². The SMILES string of the molecule is COCCN(C)S(=O)(=O)NC1CCNC1.Cl. The first-order chi connectivity index (χ1) is 7.06. The van der Waals surface area contributed by atoms with Crippen molar-refractivity contribution >= 4 is 22.6 Å². The molecule has 0 spiro atoms. The van der Waals surface area contributed by atoms with Crippen LogP contribution in [0.2, 0.25) is 0 Å². The molecule has 6 nitrogen and oxygen atoms in total. The molecule has 98 valence electrons. The van der Waals surface area contributed by atoms with Gasteiger partial charge < -0.3 is 10.1 Å². The van der Waals surface area contributed by atoms with Gasteiger partial charge in [-0.25, -0.2) is 0 Å². The lowest BCUT2D eigenvalue weighted by Crippen LogP contribution is -2.45. The third-order valence-corrected chi connectivity index (χ3v) is 4.03. The van der Waals surface area contributed by atoms with Crippen LogP contribution in [0.1, 0.15) is 6.42 Å². The van der Waals surface area contributed by atoms with E-state index >= 15 is 0 Å². The second-order valence-electron chi connectivity index (χ2n) is 3.63. The van der Waals surface area contributed by atoms with Crippen molar-refractivity contribution in [1.82, 2.24) is 14.3 Å². The van der Waals surface area contributed by atoms with Crippen molar-refractivity contribution in [3.8, 4) is 0 Å². The van der Waals surface area contributed by atoms with Gasteiger partial charge in [-0.2, -0.15) is 17.4 Å². The molecular weight excluding hydrogens is 254 g/mol. The fourth-order valence-electron chi connectivity index (χ4n) is 1.40. The smallest absolute Gasteiger partial charge is 0.279 e. The van der Waals surface area contributed by atoms with Crippen LogP contribution in [0.4, 0.5) is 0 Å². The standard InChI is InChI=1S/C8H19N3O3S.ClH/c1-11(5-6-14-2)15(12,13)10-8-3-4-9-7-8;/h8-10H,3-7H2,1-2H3;1H. The Morgan fingerprint density at radius 2 is 2.25 bits per heavy atom. The minimum Gasteiger partial charge on any atom is -0.383 e. The molecule has 0 aromatic rings. The summed E-state index contributed by atoms with van der Waals surface area (Å²) in [5.41, 5.74) is 0. The van der Waals surface area contributed by atoms with E-state index in [1.165, 1.54) is 4.31 Å². The number of methoxy groups -OCH3 is 1. The van der Waals surface area contributed by atoms with Crippen LogP contribution in [-0.4, -0.2) is 59.2 Å². The van der Waals surface area contributed by atoms with E-state index in [1.54, 1.807) is 14.2 Å². The predicted octanol–water partition coefficient (Wildman–Crippen LogP) is -0.817. The normalized spacial score (nSPS) is 21.1. The molecule has 1 aliphatic heterocycles. The molecule has 1 saturated heterocycles. The second-order valence-corrected chi connectivity index (χ2v) is 5.44. The summed E-state index contributed by atoms with van der Waals surface area (Å²) in [6.07, 6.45) is 0.845. The van der Waals surface area contributed by atoms with Crippen LogP contribution in [0.25, 0.3) is 0 Å². The van der Waals surface area contributed by atoms with Gasteiger partial charge in [0.15, 0.2) is 0 Å². The lowest BCUT2D eigenvalue weighted by molar-refractivity contribution is 0.184. The summed E-state index contributed by atoms with van der Waals surface area (Å²) < 4.78 is 32.2. The first-order valence-electron chi connectivity index (χ1n) is 4.99. The van der Waals surface area contributed by atoms with E-state index in [0.717, 1.165) is 13.0 Å². The van der Waals surface area contributed by atoms with Crippen LogP contribution in [0, 0.1) is 0 Å². The van der Waals surface area contributed by atoms with Crippen LogP contribution in [0.15, 0.2) is 0 Å². The van der Waals surface area contributed by atoms with Crippen LogP contribution in [0.3, 0.4) is 0 Å². The number of ether oxygens (including phenoxy) is 1. The topological polar surface area (TPSA) is 70.7 Å². The summed E-state index contributed by atoms with van der Waals surface area (Å²) in [5, 5.41) is 3.11. The van der Waals surface area contributed by atoms with Gasteiger partial charge >= 0.3 is 0 Å². The average molecular weight is 274 g/mol. The molecule has 0 amide bonds. The summed E-state index contributed by atoms with van der Waals surface area (Å²) in [5.74, 6) is 0. The monoisotopic (exact) mass is 273 g/mol. The number of likely N-dealkylation sites (N-methyl/N-ethyl adjacent to an activating group) is 1. The van der Waals surface area contributed by atoms with E-state index in [9.17, 15) is 8.42 Å². The maximum absolute atomic E-state index is 11.7. The van der Waals surface area contributed by atoms with E-state index < -0.39 is 10.2 Å². The largest absolute Gasteiger partial charge is 0.383 e. The number of rotatable bonds is 6. The lowest BCUT2D eigenvalue weighted by atomic mass is 10.3. The molecule has 1 aliphatic rings. The molecule has 1 rings (SSSR count). The highest BCUT2D eigenvalue weighted by Crippen LogP contribution is 2.02. The number of hydrogen-bond acceptors (Lipinski definition) is 4. The van der Waals surface area contributed by atoms with Gasteiger partial charge in [-0.1, -0.05) is 0 Å². The molecule has 1 heterocycles. The van der Waals surface area contributed by atoms with Gasteiger partial charge in [0.05, 0.1) is 6.61 Å². The summed E-state index contributed by atoms with van der Waals surface area (Å²) in [6, 6.07) is 0.0139. The fourth-order valence-corrected chi connectivity index (χ4v) is 2.51. The van der Waals surface area contributed by atoms with Crippen molar-refractivity contribution in [1.29, 1.82) is 0 Å². The molecule has 2 N–H and O–H groups in total. The molecular formula is C8H20ClN3O3S. The summed E-state index contributed by atoms with van der Waals surface area (Å²) in [6.45, 7) is 2.35. The first kappa shape index (κ1) is 16.1.